The number of hydrogen-bond donors (Lipinski definition) is 2. The molecule has 0 radical (unpaired) electrons. The maximum atomic E-state index is 12.8. The molecule has 1 heterocycles. The highest BCUT2D eigenvalue weighted by Gasteiger charge is 2.10. The lowest BCUT2D eigenvalue weighted by Gasteiger charge is -2.04. The molecule has 0 saturated carbocycles. The van der Waals surface area contributed by atoms with E-state index in [-0.39, 0.29) is 5.69 Å². The Kier molecular flexibility index (Phi) is 5.94. The Balaban J connectivity index is 1.53. The fourth-order valence-corrected chi connectivity index (χ4v) is 3.71. The van der Waals surface area contributed by atoms with Gasteiger partial charge in [-0.1, -0.05) is 35.2 Å². The smallest absolute Gasteiger partial charge is 0.308 e. The number of carbonyl (C=O) groups is 1. The van der Waals surface area contributed by atoms with Crippen molar-refractivity contribution in [2.24, 2.45) is 0 Å². The molecule has 0 unspecified atom stereocenters. The number of anilines is 2. The van der Waals surface area contributed by atoms with Crippen molar-refractivity contribution in [1.82, 2.24) is 10.2 Å². The van der Waals surface area contributed by atoms with E-state index >= 15 is 0 Å². The summed E-state index contributed by atoms with van der Waals surface area (Å²) in [5.41, 5.74) is 1.26. The number of nitro benzene ring substituents is 1. The minimum atomic E-state index is -0.520. The van der Waals surface area contributed by atoms with Gasteiger partial charge >= 0.3 is 6.03 Å². The number of benzene rings is 2. The summed E-state index contributed by atoms with van der Waals surface area (Å²) in [7, 11) is 0. The first-order chi connectivity index (χ1) is 13.0. The molecule has 2 aromatic carbocycles. The second kappa shape index (κ2) is 8.56. The minimum Gasteiger partial charge on any atom is -0.308 e. The van der Waals surface area contributed by atoms with E-state index in [1.165, 1.54) is 59.5 Å². The van der Waals surface area contributed by atoms with Crippen molar-refractivity contribution in [3.05, 3.63) is 70.0 Å². The zero-order chi connectivity index (χ0) is 19.2. The largest absolute Gasteiger partial charge is 0.325 e. The van der Waals surface area contributed by atoms with Crippen LogP contribution in [0.3, 0.4) is 0 Å². The number of nitrogens with one attached hydrogen (secondary N) is 2. The number of aromatic nitrogens is 2. The molecule has 0 aliphatic heterocycles. The first kappa shape index (κ1) is 18.7. The van der Waals surface area contributed by atoms with Crippen LogP contribution in [0, 0.1) is 15.9 Å². The molecule has 3 aromatic rings. The molecule has 0 aliphatic carbocycles. The second-order valence-electron chi connectivity index (χ2n) is 5.17. The van der Waals surface area contributed by atoms with Crippen LogP contribution in [0.15, 0.2) is 52.9 Å². The van der Waals surface area contributed by atoms with E-state index in [1.807, 2.05) is 0 Å². The molecule has 0 atom stereocenters. The summed E-state index contributed by atoms with van der Waals surface area (Å²) in [5.74, 6) is 0.0912. The normalized spacial score (nSPS) is 10.4. The number of rotatable bonds is 6. The molecule has 0 aliphatic rings. The molecule has 0 saturated heterocycles. The molecule has 27 heavy (non-hydrogen) atoms. The molecule has 8 nitrogen and oxygen atoms in total. The molecule has 2 amide bonds. The third kappa shape index (κ3) is 5.46. The van der Waals surface area contributed by atoms with Crippen molar-refractivity contribution in [3.8, 4) is 0 Å². The highest BCUT2D eigenvalue weighted by Crippen LogP contribution is 2.29. The molecule has 3 rings (SSSR count). The number of halogens is 1. The standard InChI is InChI=1S/C16H12FN5O3S2/c17-11-4-6-12(7-5-11)18-14(23)19-15-20-21-16(27-15)26-9-10-2-1-3-13(8-10)22(24)25/h1-8H,9H2,(H2,18,19,20,23). The topological polar surface area (TPSA) is 110 Å². The van der Waals surface area contributed by atoms with Crippen LogP contribution in [0.2, 0.25) is 0 Å². The van der Waals surface area contributed by atoms with Crippen LogP contribution >= 0.6 is 23.1 Å². The Morgan fingerprint density at radius 3 is 2.70 bits per heavy atom. The van der Waals surface area contributed by atoms with E-state index in [4.69, 9.17) is 0 Å². The van der Waals surface area contributed by atoms with Gasteiger partial charge in [-0.25, -0.2) is 9.18 Å². The predicted octanol–water partition coefficient (Wildman–Crippen LogP) is 4.52. The summed E-state index contributed by atoms with van der Waals surface area (Å²) in [6, 6.07) is 11.2. The van der Waals surface area contributed by atoms with Gasteiger partial charge in [-0.2, -0.15) is 0 Å². The van der Waals surface area contributed by atoms with E-state index in [0.29, 0.717) is 20.9 Å². The Labute approximate surface area is 161 Å². The Morgan fingerprint density at radius 2 is 1.96 bits per heavy atom. The zero-order valence-corrected chi connectivity index (χ0v) is 15.2. The average Bonchev–Trinajstić information content (AvgIpc) is 3.09. The van der Waals surface area contributed by atoms with E-state index in [1.54, 1.807) is 12.1 Å². The van der Waals surface area contributed by atoms with E-state index in [9.17, 15) is 19.3 Å². The van der Waals surface area contributed by atoms with Crippen molar-refractivity contribution < 1.29 is 14.1 Å². The molecule has 1 aromatic heterocycles. The van der Waals surface area contributed by atoms with Crippen LogP contribution in [0.1, 0.15) is 5.56 Å². The van der Waals surface area contributed by atoms with E-state index < -0.39 is 16.8 Å². The molecule has 0 spiro atoms. The van der Waals surface area contributed by atoms with Crippen molar-refractivity contribution >= 4 is 45.6 Å². The summed E-state index contributed by atoms with van der Waals surface area (Å²) in [6.07, 6.45) is 0. The fraction of sp³-hybridized carbons (Fsp3) is 0.0625. The van der Waals surface area contributed by atoms with Gasteiger partial charge in [0.2, 0.25) is 5.13 Å². The van der Waals surface area contributed by atoms with Gasteiger partial charge in [0.25, 0.3) is 5.69 Å². The van der Waals surface area contributed by atoms with Gasteiger partial charge in [0.05, 0.1) is 4.92 Å². The number of nitrogens with zero attached hydrogens (tertiary/aromatic N) is 3. The van der Waals surface area contributed by atoms with E-state index in [2.05, 4.69) is 20.8 Å². The molecular weight excluding hydrogens is 393 g/mol. The summed E-state index contributed by atoms with van der Waals surface area (Å²) < 4.78 is 13.5. The van der Waals surface area contributed by atoms with Crippen molar-refractivity contribution in [2.75, 3.05) is 10.6 Å². The lowest BCUT2D eigenvalue weighted by atomic mass is 10.2. The van der Waals surface area contributed by atoms with Gasteiger partial charge in [0.1, 0.15) is 5.82 Å². The lowest BCUT2D eigenvalue weighted by molar-refractivity contribution is -0.384. The first-order valence-electron chi connectivity index (χ1n) is 7.53. The molecular formula is C16H12FN5O3S2. The number of carbonyl (C=O) groups excluding carboxylic acids is 1. The number of non-ortho nitro benzene ring substituents is 1. The SMILES string of the molecule is O=C(Nc1ccc(F)cc1)Nc1nnc(SCc2cccc([N+](=O)[O-])c2)s1. The lowest BCUT2D eigenvalue weighted by Crippen LogP contribution is -2.19. The Bertz CT molecular complexity index is 965. The third-order valence-electron chi connectivity index (χ3n) is 3.21. The number of thioether (sulfide) groups is 1. The number of amides is 2. The number of hydrogen-bond acceptors (Lipinski definition) is 7. The van der Waals surface area contributed by atoms with Gasteiger partial charge in [-0.05, 0) is 29.8 Å². The third-order valence-corrected chi connectivity index (χ3v) is 5.26. The van der Waals surface area contributed by atoms with Gasteiger partial charge in [-0.3, -0.25) is 15.4 Å². The maximum Gasteiger partial charge on any atom is 0.325 e. The van der Waals surface area contributed by atoms with Gasteiger partial charge in [0.15, 0.2) is 4.34 Å². The summed E-state index contributed by atoms with van der Waals surface area (Å²) in [6.45, 7) is 0. The van der Waals surface area contributed by atoms with Crippen LogP contribution in [0.25, 0.3) is 0 Å². The zero-order valence-electron chi connectivity index (χ0n) is 13.6. The van der Waals surface area contributed by atoms with Gasteiger partial charge in [-0.15, -0.1) is 10.2 Å². The van der Waals surface area contributed by atoms with Crippen LogP contribution < -0.4 is 10.6 Å². The molecule has 2 N–H and O–H groups in total. The van der Waals surface area contributed by atoms with Crippen molar-refractivity contribution in [3.63, 3.8) is 0 Å². The summed E-state index contributed by atoms with van der Waals surface area (Å²) in [5, 5.41) is 24.0. The maximum absolute atomic E-state index is 12.8. The molecule has 0 bridgehead atoms. The fourth-order valence-electron chi connectivity index (χ4n) is 2.02. The number of urea groups is 1. The van der Waals surface area contributed by atoms with Crippen LogP contribution in [-0.4, -0.2) is 21.2 Å². The monoisotopic (exact) mass is 405 g/mol. The predicted molar refractivity (Wildman–Crippen MR) is 102 cm³/mol. The number of nitro groups is 1. The molecule has 11 heteroatoms. The molecule has 0 fully saturated rings. The quantitative estimate of drug-likeness (QED) is 0.270. The van der Waals surface area contributed by atoms with Crippen LogP contribution in [0.5, 0.6) is 0 Å². The van der Waals surface area contributed by atoms with Crippen molar-refractivity contribution in [2.45, 2.75) is 10.1 Å². The highest BCUT2D eigenvalue weighted by molar-refractivity contribution is 8.00. The Hall–Kier alpha value is -3.05. The van der Waals surface area contributed by atoms with E-state index in [0.717, 1.165) is 5.56 Å². The second-order valence-corrected chi connectivity index (χ2v) is 7.37. The summed E-state index contributed by atoms with van der Waals surface area (Å²) >= 11 is 2.54. The van der Waals surface area contributed by atoms with Crippen LogP contribution in [-0.2, 0) is 5.75 Å². The van der Waals surface area contributed by atoms with Crippen molar-refractivity contribution in [1.29, 1.82) is 0 Å². The minimum absolute atomic E-state index is 0.0326. The summed E-state index contributed by atoms with van der Waals surface area (Å²) in [4.78, 5) is 22.3. The first-order valence-corrected chi connectivity index (χ1v) is 9.33. The van der Waals surface area contributed by atoms with Crippen LogP contribution in [0.4, 0.5) is 25.7 Å². The van der Waals surface area contributed by atoms with Gasteiger partial charge in [0, 0.05) is 23.6 Å². The molecule has 138 valence electrons. The highest BCUT2D eigenvalue weighted by atomic mass is 32.2. The average molecular weight is 405 g/mol. The van der Waals surface area contributed by atoms with Gasteiger partial charge < -0.3 is 5.32 Å². The Morgan fingerprint density at radius 1 is 1.19 bits per heavy atom.